The van der Waals surface area contributed by atoms with Crippen molar-refractivity contribution in [1.29, 1.82) is 0 Å². The van der Waals surface area contributed by atoms with Gasteiger partial charge in [0.05, 0.1) is 40.8 Å². The SMILES string of the molecule is OC1CCN(c2cc(-c3ccc4c(c3)ncn4C3CCCCC3)c3nc[nH]c3c2)CC1. The lowest BCUT2D eigenvalue weighted by molar-refractivity contribution is 0.145. The third-order valence-electron chi connectivity index (χ3n) is 7.19. The van der Waals surface area contributed by atoms with Crippen LogP contribution in [0.15, 0.2) is 43.0 Å². The molecular weight excluding hydrogens is 386 g/mol. The minimum absolute atomic E-state index is 0.173. The molecule has 4 aromatic rings. The highest BCUT2D eigenvalue weighted by Gasteiger charge is 2.21. The first-order chi connectivity index (χ1) is 15.3. The summed E-state index contributed by atoms with van der Waals surface area (Å²) in [5, 5.41) is 9.89. The van der Waals surface area contributed by atoms with Crippen LogP contribution >= 0.6 is 0 Å². The topological polar surface area (TPSA) is 70.0 Å². The molecule has 2 aromatic carbocycles. The van der Waals surface area contributed by atoms with E-state index < -0.39 is 0 Å². The Bertz CT molecular complexity index is 1210. The second-order valence-electron chi connectivity index (χ2n) is 9.16. The van der Waals surface area contributed by atoms with E-state index in [1.54, 1.807) is 6.33 Å². The van der Waals surface area contributed by atoms with Crippen LogP contribution in [-0.2, 0) is 0 Å². The fraction of sp³-hybridized carbons (Fsp3) is 0.440. The molecule has 1 aliphatic heterocycles. The van der Waals surface area contributed by atoms with E-state index in [2.05, 4.69) is 49.8 Å². The highest BCUT2D eigenvalue weighted by molar-refractivity contribution is 5.97. The Hall–Kier alpha value is -2.86. The highest BCUT2D eigenvalue weighted by Crippen LogP contribution is 2.36. The van der Waals surface area contributed by atoms with Crippen LogP contribution in [-0.4, -0.2) is 43.8 Å². The molecule has 6 heteroatoms. The van der Waals surface area contributed by atoms with Crippen molar-refractivity contribution >= 4 is 27.8 Å². The number of piperidine rings is 1. The first kappa shape index (κ1) is 18.9. The predicted octanol–water partition coefficient (Wildman–Crippen LogP) is 5.05. The molecule has 6 rings (SSSR count). The van der Waals surface area contributed by atoms with Crippen molar-refractivity contribution < 1.29 is 5.11 Å². The van der Waals surface area contributed by atoms with Crippen LogP contribution in [0.5, 0.6) is 0 Å². The van der Waals surface area contributed by atoms with Gasteiger partial charge in [-0.1, -0.05) is 25.3 Å². The van der Waals surface area contributed by atoms with Gasteiger partial charge in [-0.05, 0) is 55.5 Å². The molecule has 0 spiro atoms. The maximum atomic E-state index is 9.89. The average molecular weight is 416 g/mol. The molecule has 2 fully saturated rings. The molecule has 0 unspecified atom stereocenters. The van der Waals surface area contributed by atoms with Crippen molar-refractivity contribution in [3.05, 3.63) is 43.0 Å². The molecule has 0 amide bonds. The van der Waals surface area contributed by atoms with Crippen molar-refractivity contribution in [2.75, 3.05) is 18.0 Å². The molecule has 31 heavy (non-hydrogen) atoms. The third kappa shape index (κ3) is 3.39. The zero-order valence-corrected chi connectivity index (χ0v) is 17.8. The highest BCUT2D eigenvalue weighted by atomic mass is 16.3. The maximum Gasteiger partial charge on any atom is 0.0962 e. The Morgan fingerprint density at radius 1 is 0.935 bits per heavy atom. The summed E-state index contributed by atoms with van der Waals surface area (Å²) >= 11 is 0. The smallest absolute Gasteiger partial charge is 0.0962 e. The largest absolute Gasteiger partial charge is 0.393 e. The van der Waals surface area contributed by atoms with Crippen LogP contribution in [0, 0.1) is 0 Å². The van der Waals surface area contributed by atoms with E-state index in [-0.39, 0.29) is 6.10 Å². The van der Waals surface area contributed by atoms with Crippen LogP contribution in [0.4, 0.5) is 5.69 Å². The number of aliphatic hydroxyl groups is 1. The van der Waals surface area contributed by atoms with Crippen LogP contribution in [0.25, 0.3) is 33.2 Å². The number of nitrogens with zero attached hydrogens (tertiary/aromatic N) is 4. The fourth-order valence-corrected chi connectivity index (χ4v) is 5.41. The summed E-state index contributed by atoms with van der Waals surface area (Å²) in [5.74, 6) is 0. The number of hydrogen-bond donors (Lipinski definition) is 2. The van der Waals surface area contributed by atoms with Crippen LogP contribution in [0.3, 0.4) is 0 Å². The molecule has 6 nitrogen and oxygen atoms in total. The average Bonchev–Trinajstić information content (AvgIpc) is 3.46. The van der Waals surface area contributed by atoms with Crippen molar-refractivity contribution in [2.24, 2.45) is 0 Å². The Morgan fingerprint density at radius 3 is 2.61 bits per heavy atom. The fourth-order valence-electron chi connectivity index (χ4n) is 5.41. The van der Waals surface area contributed by atoms with Crippen molar-refractivity contribution in [3.8, 4) is 11.1 Å². The monoisotopic (exact) mass is 415 g/mol. The van der Waals surface area contributed by atoms with Gasteiger partial charge in [0.15, 0.2) is 0 Å². The molecule has 0 bridgehead atoms. The molecule has 2 aliphatic rings. The van der Waals surface area contributed by atoms with E-state index in [1.807, 2.05) is 6.33 Å². The number of imidazole rings is 2. The summed E-state index contributed by atoms with van der Waals surface area (Å²) in [6.07, 6.45) is 11.8. The van der Waals surface area contributed by atoms with Gasteiger partial charge in [0, 0.05) is 30.4 Å². The summed E-state index contributed by atoms with van der Waals surface area (Å²) < 4.78 is 2.39. The first-order valence-electron chi connectivity index (χ1n) is 11.6. The molecule has 2 N–H and O–H groups in total. The molecule has 0 radical (unpaired) electrons. The lowest BCUT2D eigenvalue weighted by atomic mass is 9.95. The summed E-state index contributed by atoms with van der Waals surface area (Å²) in [6.45, 7) is 1.76. The summed E-state index contributed by atoms with van der Waals surface area (Å²) in [7, 11) is 0. The first-order valence-corrected chi connectivity index (χ1v) is 11.6. The molecule has 0 atom stereocenters. The van der Waals surface area contributed by atoms with E-state index in [1.165, 1.54) is 43.3 Å². The van der Waals surface area contributed by atoms with E-state index in [4.69, 9.17) is 4.98 Å². The van der Waals surface area contributed by atoms with Crippen molar-refractivity contribution in [1.82, 2.24) is 19.5 Å². The number of aromatic nitrogens is 4. The molecule has 1 saturated heterocycles. The molecular formula is C25H29N5O. The van der Waals surface area contributed by atoms with Gasteiger partial charge in [-0.3, -0.25) is 0 Å². The number of benzene rings is 2. The van der Waals surface area contributed by atoms with Crippen LogP contribution in [0.1, 0.15) is 51.0 Å². The predicted molar refractivity (Wildman–Crippen MR) is 124 cm³/mol. The number of hydrogen-bond acceptors (Lipinski definition) is 4. The summed E-state index contributed by atoms with van der Waals surface area (Å²) in [5.41, 5.74) is 7.80. The molecule has 1 aliphatic carbocycles. The van der Waals surface area contributed by atoms with E-state index in [0.29, 0.717) is 6.04 Å². The quantitative estimate of drug-likeness (QED) is 0.491. The number of nitrogens with one attached hydrogen (secondary N) is 1. The summed E-state index contributed by atoms with van der Waals surface area (Å²) in [4.78, 5) is 15.0. The number of H-pyrrole nitrogens is 1. The standard InChI is InChI=1S/C25H29N5O/c31-20-8-10-29(11-9-20)19-13-21(25-23(14-19)26-15-27-25)17-6-7-24-22(12-17)28-16-30(24)18-4-2-1-3-5-18/h6-7,12-16,18,20,31H,1-5,8-11H2,(H,26,27). The maximum absolute atomic E-state index is 9.89. The second kappa shape index (κ2) is 7.68. The number of rotatable bonds is 3. The van der Waals surface area contributed by atoms with Gasteiger partial charge in [-0.25, -0.2) is 9.97 Å². The minimum Gasteiger partial charge on any atom is -0.393 e. The van der Waals surface area contributed by atoms with Gasteiger partial charge < -0.3 is 19.6 Å². The second-order valence-corrected chi connectivity index (χ2v) is 9.16. The normalized spacial score (nSPS) is 18.9. The van der Waals surface area contributed by atoms with Gasteiger partial charge in [-0.2, -0.15) is 0 Å². The number of aliphatic hydroxyl groups excluding tert-OH is 1. The Morgan fingerprint density at radius 2 is 1.77 bits per heavy atom. The summed E-state index contributed by atoms with van der Waals surface area (Å²) in [6, 6.07) is 11.7. The van der Waals surface area contributed by atoms with Crippen molar-refractivity contribution in [3.63, 3.8) is 0 Å². The number of aromatic amines is 1. The Balaban J connectivity index is 1.40. The van der Waals surface area contributed by atoms with Gasteiger partial charge in [0.2, 0.25) is 0 Å². The zero-order chi connectivity index (χ0) is 20.8. The van der Waals surface area contributed by atoms with E-state index in [9.17, 15) is 5.11 Å². The zero-order valence-electron chi connectivity index (χ0n) is 17.8. The molecule has 160 valence electrons. The van der Waals surface area contributed by atoms with Crippen LogP contribution < -0.4 is 4.90 Å². The molecule has 3 heterocycles. The third-order valence-corrected chi connectivity index (χ3v) is 7.19. The Kier molecular flexibility index (Phi) is 4.68. The van der Waals surface area contributed by atoms with Gasteiger partial charge in [0.25, 0.3) is 0 Å². The lowest BCUT2D eigenvalue weighted by Crippen LogP contribution is -2.35. The minimum atomic E-state index is -0.173. The van der Waals surface area contributed by atoms with E-state index >= 15 is 0 Å². The van der Waals surface area contributed by atoms with Gasteiger partial charge in [-0.15, -0.1) is 0 Å². The number of fused-ring (bicyclic) bond motifs is 2. The van der Waals surface area contributed by atoms with Gasteiger partial charge in [0.1, 0.15) is 0 Å². The van der Waals surface area contributed by atoms with E-state index in [0.717, 1.165) is 53.6 Å². The van der Waals surface area contributed by atoms with Crippen molar-refractivity contribution in [2.45, 2.75) is 57.1 Å². The number of anilines is 1. The molecule has 1 saturated carbocycles. The van der Waals surface area contributed by atoms with Crippen LogP contribution in [0.2, 0.25) is 0 Å². The van der Waals surface area contributed by atoms with Gasteiger partial charge >= 0.3 is 0 Å². The molecule has 2 aromatic heterocycles. The Labute approximate surface area is 181 Å². The lowest BCUT2D eigenvalue weighted by Gasteiger charge is -2.31.